The second-order valence-corrected chi connectivity index (χ2v) is 4.43. The van der Waals surface area contributed by atoms with E-state index in [1.165, 1.54) is 12.1 Å². The third-order valence-corrected chi connectivity index (χ3v) is 2.89. The van der Waals surface area contributed by atoms with Crippen molar-refractivity contribution >= 4 is 17.4 Å². The zero-order valence-electron chi connectivity index (χ0n) is 9.84. The molecular formula is C14H7ClF4O. The van der Waals surface area contributed by atoms with Gasteiger partial charge in [0.25, 0.3) is 0 Å². The fraction of sp³-hybridized carbons (Fsp3) is 0.0714. The summed E-state index contributed by atoms with van der Waals surface area (Å²) in [6.07, 6.45) is -4.69. The maximum atomic E-state index is 13.6. The number of hydrogen-bond donors (Lipinski definition) is 0. The zero-order valence-corrected chi connectivity index (χ0v) is 10.6. The molecule has 0 saturated heterocycles. The van der Waals surface area contributed by atoms with Gasteiger partial charge in [-0.15, -0.1) is 0 Å². The summed E-state index contributed by atoms with van der Waals surface area (Å²) in [6, 6.07) is 7.38. The van der Waals surface area contributed by atoms with Gasteiger partial charge in [0.15, 0.2) is 5.78 Å². The van der Waals surface area contributed by atoms with Crippen molar-refractivity contribution < 1.29 is 22.4 Å². The molecule has 20 heavy (non-hydrogen) atoms. The molecule has 0 atom stereocenters. The van der Waals surface area contributed by atoms with E-state index >= 15 is 0 Å². The van der Waals surface area contributed by atoms with Crippen LogP contribution in [0, 0.1) is 5.82 Å². The highest BCUT2D eigenvalue weighted by atomic mass is 35.5. The van der Waals surface area contributed by atoms with Crippen molar-refractivity contribution in [3.05, 3.63) is 70.0 Å². The Balaban J connectivity index is 2.57. The van der Waals surface area contributed by atoms with Crippen LogP contribution >= 0.6 is 11.6 Å². The van der Waals surface area contributed by atoms with Crippen molar-refractivity contribution in [1.29, 1.82) is 0 Å². The van der Waals surface area contributed by atoms with Crippen molar-refractivity contribution in [3.8, 4) is 0 Å². The van der Waals surface area contributed by atoms with Gasteiger partial charge in [0.05, 0.1) is 11.1 Å². The first-order chi connectivity index (χ1) is 9.30. The molecule has 0 N–H and O–H groups in total. The Labute approximate surface area is 116 Å². The molecule has 6 heteroatoms. The fourth-order valence-electron chi connectivity index (χ4n) is 1.74. The molecule has 2 rings (SSSR count). The molecule has 0 aliphatic carbocycles. The molecule has 0 spiro atoms. The molecule has 2 aromatic carbocycles. The summed E-state index contributed by atoms with van der Waals surface area (Å²) < 4.78 is 52.1. The molecule has 0 aliphatic heterocycles. The summed E-state index contributed by atoms with van der Waals surface area (Å²) in [4.78, 5) is 12.1. The predicted octanol–water partition coefficient (Wildman–Crippen LogP) is 4.73. The van der Waals surface area contributed by atoms with E-state index < -0.39 is 34.5 Å². The van der Waals surface area contributed by atoms with Crippen LogP contribution in [-0.2, 0) is 6.18 Å². The molecule has 0 fully saturated rings. The molecule has 0 saturated carbocycles. The van der Waals surface area contributed by atoms with Crippen molar-refractivity contribution in [3.63, 3.8) is 0 Å². The third kappa shape index (κ3) is 2.82. The van der Waals surface area contributed by atoms with Crippen LogP contribution in [0.1, 0.15) is 21.5 Å². The summed E-state index contributed by atoms with van der Waals surface area (Å²) in [5.74, 6) is -1.98. The van der Waals surface area contributed by atoms with Crippen molar-refractivity contribution in [2.45, 2.75) is 6.18 Å². The fourth-order valence-corrected chi connectivity index (χ4v) is 1.92. The summed E-state index contributed by atoms with van der Waals surface area (Å²) in [5, 5.41) is 0.0687. The van der Waals surface area contributed by atoms with Crippen LogP contribution in [0.25, 0.3) is 0 Å². The highest BCUT2D eigenvalue weighted by molar-refractivity contribution is 6.31. The number of rotatable bonds is 2. The van der Waals surface area contributed by atoms with E-state index in [2.05, 4.69) is 0 Å². The van der Waals surface area contributed by atoms with Crippen LogP contribution in [0.3, 0.4) is 0 Å². The number of carbonyl (C=O) groups is 1. The van der Waals surface area contributed by atoms with Gasteiger partial charge in [-0.05, 0) is 24.3 Å². The average molecular weight is 303 g/mol. The molecule has 0 aliphatic rings. The Morgan fingerprint density at radius 3 is 2.30 bits per heavy atom. The molecule has 2 aromatic rings. The number of alkyl halides is 3. The van der Waals surface area contributed by atoms with E-state index in [4.69, 9.17) is 11.6 Å². The smallest absolute Gasteiger partial charge is 0.288 e. The van der Waals surface area contributed by atoms with Crippen LogP contribution < -0.4 is 0 Å². The van der Waals surface area contributed by atoms with Gasteiger partial charge in [0, 0.05) is 10.6 Å². The Morgan fingerprint density at radius 2 is 1.65 bits per heavy atom. The van der Waals surface area contributed by atoms with Crippen LogP contribution in [0.15, 0.2) is 42.5 Å². The highest BCUT2D eigenvalue weighted by Crippen LogP contribution is 2.33. The molecule has 0 heterocycles. The molecule has 0 unspecified atom stereocenters. The molecule has 0 amide bonds. The summed E-state index contributed by atoms with van der Waals surface area (Å²) >= 11 is 5.64. The second-order valence-electron chi connectivity index (χ2n) is 4.00. The van der Waals surface area contributed by atoms with E-state index in [-0.39, 0.29) is 5.02 Å². The lowest BCUT2D eigenvalue weighted by Gasteiger charge is -2.12. The molecule has 0 aromatic heterocycles. The van der Waals surface area contributed by atoms with E-state index in [0.29, 0.717) is 0 Å². The highest BCUT2D eigenvalue weighted by Gasteiger charge is 2.35. The van der Waals surface area contributed by atoms with Gasteiger partial charge >= 0.3 is 6.18 Å². The first kappa shape index (κ1) is 14.5. The maximum absolute atomic E-state index is 13.6. The van der Waals surface area contributed by atoms with Crippen LogP contribution in [0.2, 0.25) is 5.02 Å². The van der Waals surface area contributed by atoms with E-state index in [9.17, 15) is 22.4 Å². The van der Waals surface area contributed by atoms with Gasteiger partial charge < -0.3 is 0 Å². The number of hydrogen-bond acceptors (Lipinski definition) is 1. The van der Waals surface area contributed by atoms with E-state index in [0.717, 1.165) is 30.3 Å². The first-order valence-corrected chi connectivity index (χ1v) is 5.84. The molecular weight excluding hydrogens is 296 g/mol. The third-order valence-electron chi connectivity index (χ3n) is 2.65. The zero-order chi connectivity index (χ0) is 14.9. The van der Waals surface area contributed by atoms with Crippen LogP contribution in [0.4, 0.5) is 17.6 Å². The molecule has 0 radical (unpaired) electrons. The Bertz CT molecular complexity index is 664. The normalized spacial score (nSPS) is 11.4. The number of benzene rings is 2. The summed E-state index contributed by atoms with van der Waals surface area (Å²) in [6.45, 7) is 0. The van der Waals surface area contributed by atoms with Crippen molar-refractivity contribution in [2.24, 2.45) is 0 Å². The lowest BCUT2D eigenvalue weighted by molar-refractivity contribution is -0.137. The van der Waals surface area contributed by atoms with Gasteiger partial charge in [0.1, 0.15) is 5.82 Å². The maximum Gasteiger partial charge on any atom is 0.417 e. The average Bonchev–Trinajstić information content (AvgIpc) is 2.40. The minimum atomic E-state index is -4.69. The van der Waals surface area contributed by atoms with Crippen molar-refractivity contribution in [1.82, 2.24) is 0 Å². The lowest BCUT2D eigenvalue weighted by atomic mass is 9.98. The molecule has 0 bridgehead atoms. The van der Waals surface area contributed by atoms with Crippen LogP contribution in [-0.4, -0.2) is 5.78 Å². The topological polar surface area (TPSA) is 17.1 Å². The second kappa shape index (κ2) is 5.25. The van der Waals surface area contributed by atoms with Crippen LogP contribution in [0.5, 0.6) is 0 Å². The van der Waals surface area contributed by atoms with Crippen molar-refractivity contribution in [2.75, 3.05) is 0 Å². The minimum Gasteiger partial charge on any atom is -0.288 e. The molecule has 1 nitrogen and oxygen atoms in total. The predicted molar refractivity (Wildman–Crippen MR) is 66.3 cm³/mol. The monoisotopic (exact) mass is 302 g/mol. The number of carbonyl (C=O) groups excluding carboxylic acids is 1. The lowest BCUT2D eigenvalue weighted by Crippen LogP contribution is -2.14. The quantitative estimate of drug-likeness (QED) is 0.579. The summed E-state index contributed by atoms with van der Waals surface area (Å²) in [7, 11) is 0. The molecule has 104 valence electrons. The van der Waals surface area contributed by atoms with E-state index in [1.54, 1.807) is 0 Å². The standard InChI is InChI=1S/C14H7ClF4O/c15-8-5-6-12(16)10(7-8)13(20)9-3-1-2-4-11(9)14(17,18)19/h1-7H. The van der Waals surface area contributed by atoms with Gasteiger partial charge in [0.2, 0.25) is 0 Å². The van der Waals surface area contributed by atoms with Gasteiger partial charge in [-0.1, -0.05) is 29.8 Å². The van der Waals surface area contributed by atoms with Gasteiger partial charge in [-0.25, -0.2) is 4.39 Å². The van der Waals surface area contributed by atoms with Gasteiger partial charge in [-0.2, -0.15) is 13.2 Å². The Morgan fingerprint density at radius 1 is 1.00 bits per heavy atom. The summed E-state index contributed by atoms with van der Waals surface area (Å²) in [5.41, 5.74) is -2.21. The minimum absolute atomic E-state index is 0.0687. The Hall–Kier alpha value is -1.88. The first-order valence-electron chi connectivity index (χ1n) is 5.46. The van der Waals surface area contributed by atoms with Gasteiger partial charge in [-0.3, -0.25) is 4.79 Å². The SMILES string of the molecule is O=C(c1cc(Cl)ccc1F)c1ccccc1C(F)(F)F. The Kier molecular flexibility index (Phi) is 3.81. The number of ketones is 1. The largest absolute Gasteiger partial charge is 0.417 e. The van der Waals surface area contributed by atoms with E-state index in [1.807, 2.05) is 0 Å². The number of halogens is 5.